The summed E-state index contributed by atoms with van der Waals surface area (Å²) in [5.74, 6) is 0.696. The molecule has 1 unspecified atom stereocenters. The average Bonchev–Trinajstić information content (AvgIpc) is 2.90. The van der Waals surface area contributed by atoms with E-state index in [1.54, 1.807) is 0 Å². The van der Waals surface area contributed by atoms with E-state index in [0.29, 0.717) is 12.5 Å². The van der Waals surface area contributed by atoms with Crippen molar-refractivity contribution in [2.24, 2.45) is 0 Å². The Balaban J connectivity index is 1.78. The summed E-state index contributed by atoms with van der Waals surface area (Å²) in [6.45, 7) is 5.44. The van der Waals surface area contributed by atoms with Gasteiger partial charge < -0.3 is 14.8 Å². The van der Waals surface area contributed by atoms with E-state index in [2.05, 4.69) is 17.2 Å². The van der Waals surface area contributed by atoms with Crippen molar-refractivity contribution in [3.63, 3.8) is 0 Å². The SMILES string of the molecule is CCCNCc1cccc(OCC2CCCO2)n1. The van der Waals surface area contributed by atoms with Crippen LogP contribution in [0.15, 0.2) is 18.2 Å². The zero-order valence-electron chi connectivity index (χ0n) is 11.0. The van der Waals surface area contributed by atoms with Gasteiger partial charge in [0.2, 0.25) is 5.88 Å². The van der Waals surface area contributed by atoms with Gasteiger partial charge in [-0.2, -0.15) is 0 Å². The normalized spacial score (nSPS) is 19.1. The molecule has 1 aliphatic heterocycles. The van der Waals surface area contributed by atoms with Gasteiger partial charge in [-0.05, 0) is 31.9 Å². The van der Waals surface area contributed by atoms with Crippen LogP contribution < -0.4 is 10.1 Å². The third-order valence-corrected chi connectivity index (χ3v) is 2.96. The number of hydrogen-bond acceptors (Lipinski definition) is 4. The molecule has 1 aromatic heterocycles. The fourth-order valence-electron chi connectivity index (χ4n) is 1.98. The Morgan fingerprint density at radius 3 is 3.22 bits per heavy atom. The molecule has 1 saturated heterocycles. The molecular formula is C14H22N2O2. The molecule has 1 aliphatic rings. The van der Waals surface area contributed by atoms with E-state index in [9.17, 15) is 0 Å². The molecule has 1 fully saturated rings. The van der Waals surface area contributed by atoms with Crippen LogP contribution in [0.25, 0.3) is 0 Å². The lowest BCUT2D eigenvalue weighted by Gasteiger charge is -2.11. The van der Waals surface area contributed by atoms with Crippen molar-refractivity contribution in [3.05, 3.63) is 23.9 Å². The molecule has 2 heterocycles. The standard InChI is InChI=1S/C14H22N2O2/c1-2-8-15-10-12-5-3-7-14(16-12)18-11-13-6-4-9-17-13/h3,5,7,13,15H,2,4,6,8-11H2,1H3. The topological polar surface area (TPSA) is 43.4 Å². The molecule has 0 amide bonds. The molecule has 1 aromatic rings. The fourth-order valence-corrected chi connectivity index (χ4v) is 1.98. The zero-order chi connectivity index (χ0) is 12.6. The highest BCUT2D eigenvalue weighted by atomic mass is 16.5. The minimum Gasteiger partial charge on any atom is -0.475 e. The van der Waals surface area contributed by atoms with Gasteiger partial charge >= 0.3 is 0 Å². The van der Waals surface area contributed by atoms with Gasteiger partial charge in [-0.15, -0.1) is 0 Å². The van der Waals surface area contributed by atoms with Crippen LogP contribution in [0.2, 0.25) is 0 Å². The summed E-state index contributed by atoms with van der Waals surface area (Å²) in [6.07, 6.45) is 3.61. The van der Waals surface area contributed by atoms with Gasteiger partial charge in [0.05, 0.1) is 11.8 Å². The quantitative estimate of drug-likeness (QED) is 0.753. The van der Waals surface area contributed by atoms with Gasteiger partial charge in [-0.3, -0.25) is 0 Å². The molecule has 0 aliphatic carbocycles. The van der Waals surface area contributed by atoms with Gasteiger partial charge in [-0.1, -0.05) is 13.0 Å². The minimum absolute atomic E-state index is 0.244. The second-order valence-electron chi connectivity index (χ2n) is 4.59. The Morgan fingerprint density at radius 1 is 1.50 bits per heavy atom. The largest absolute Gasteiger partial charge is 0.475 e. The predicted octanol–water partition coefficient (Wildman–Crippen LogP) is 2.14. The van der Waals surface area contributed by atoms with Crippen molar-refractivity contribution >= 4 is 0 Å². The number of hydrogen-bond donors (Lipinski definition) is 1. The maximum atomic E-state index is 5.67. The molecule has 0 aromatic carbocycles. The van der Waals surface area contributed by atoms with Crippen molar-refractivity contribution in [3.8, 4) is 5.88 Å². The third kappa shape index (κ3) is 4.27. The van der Waals surface area contributed by atoms with E-state index in [-0.39, 0.29) is 6.10 Å². The van der Waals surface area contributed by atoms with Gasteiger partial charge in [0.25, 0.3) is 0 Å². The smallest absolute Gasteiger partial charge is 0.213 e. The summed E-state index contributed by atoms with van der Waals surface area (Å²) < 4.78 is 11.2. The Morgan fingerprint density at radius 2 is 2.44 bits per heavy atom. The molecular weight excluding hydrogens is 228 g/mol. The molecule has 0 saturated carbocycles. The van der Waals surface area contributed by atoms with Crippen LogP contribution in [-0.2, 0) is 11.3 Å². The van der Waals surface area contributed by atoms with E-state index in [0.717, 1.165) is 44.7 Å². The fraction of sp³-hybridized carbons (Fsp3) is 0.643. The first-order valence-electron chi connectivity index (χ1n) is 6.79. The van der Waals surface area contributed by atoms with Crippen LogP contribution in [0.1, 0.15) is 31.9 Å². The lowest BCUT2D eigenvalue weighted by atomic mass is 10.2. The first-order chi connectivity index (χ1) is 8.88. The van der Waals surface area contributed by atoms with E-state index in [4.69, 9.17) is 9.47 Å². The van der Waals surface area contributed by atoms with Gasteiger partial charge in [0.15, 0.2) is 0 Å². The number of rotatable bonds is 7. The Hall–Kier alpha value is -1.13. The monoisotopic (exact) mass is 250 g/mol. The van der Waals surface area contributed by atoms with Crippen LogP contribution >= 0.6 is 0 Å². The first kappa shape index (κ1) is 13.3. The maximum absolute atomic E-state index is 5.67. The highest BCUT2D eigenvalue weighted by molar-refractivity contribution is 5.15. The lowest BCUT2D eigenvalue weighted by Crippen LogP contribution is -2.18. The van der Waals surface area contributed by atoms with Crippen LogP contribution in [-0.4, -0.2) is 30.8 Å². The Labute approximate surface area is 109 Å². The summed E-state index contributed by atoms with van der Waals surface area (Å²) >= 11 is 0. The number of ether oxygens (including phenoxy) is 2. The summed E-state index contributed by atoms with van der Waals surface area (Å²) in [5.41, 5.74) is 1.02. The molecule has 0 radical (unpaired) electrons. The average molecular weight is 250 g/mol. The molecule has 1 atom stereocenters. The van der Waals surface area contributed by atoms with Crippen molar-refractivity contribution < 1.29 is 9.47 Å². The minimum atomic E-state index is 0.244. The zero-order valence-corrected chi connectivity index (χ0v) is 11.0. The number of pyridine rings is 1. The highest BCUT2D eigenvalue weighted by Crippen LogP contribution is 2.14. The number of nitrogens with one attached hydrogen (secondary N) is 1. The molecule has 18 heavy (non-hydrogen) atoms. The van der Waals surface area contributed by atoms with Crippen LogP contribution in [0, 0.1) is 0 Å². The van der Waals surface area contributed by atoms with Gasteiger partial charge in [0, 0.05) is 19.2 Å². The van der Waals surface area contributed by atoms with Gasteiger partial charge in [0.1, 0.15) is 6.61 Å². The van der Waals surface area contributed by atoms with E-state index in [1.165, 1.54) is 0 Å². The molecule has 4 nitrogen and oxygen atoms in total. The van der Waals surface area contributed by atoms with Crippen LogP contribution in [0.3, 0.4) is 0 Å². The summed E-state index contributed by atoms with van der Waals surface area (Å²) in [6, 6.07) is 5.90. The number of nitrogens with zero attached hydrogens (tertiary/aromatic N) is 1. The van der Waals surface area contributed by atoms with E-state index >= 15 is 0 Å². The predicted molar refractivity (Wildman–Crippen MR) is 70.7 cm³/mol. The second kappa shape index (κ2) is 7.34. The van der Waals surface area contributed by atoms with Crippen LogP contribution in [0.4, 0.5) is 0 Å². The van der Waals surface area contributed by atoms with E-state index in [1.807, 2.05) is 18.2 Å². The molecule has 0 bridgehead atoms. The summed E-state index contributed by atoms with van der Waals surface area (Å²) in [5, 5.41) is 3.33. The molecule has 1 N–H and O–H groups in total. The molecule has 0 spiro atoms. The van der Waals surface area contributed by atoms with Crippen molar-refractivity contribution in [2.75, 3.05) is 19.8 Å². The lowest BCUT2D eigenvalue weighted by molar-refractivity contribution is 0.0662. The summed E-state index contributed by atoms with van der Waals surface area (Å²) in [7, 11) is 0. The molecule has 100 valence electrons. The highest BCUT2D eigenvalue weighted by Gasteiger charge is 2.16. The second-order valence-corrected chi connectivity index (χ2v) is 4.59. The first-order valence-corrected chi connectivity index (χ1v) is 6.79. The molecule has 4 heteroatoms. The van der Waals surface area contributed by atoms with E-state index < -0.39 is 0 Å². The van der Waals surface area contributed by atoms with Crippen LogP contribution in [0.5, 0.6) is 5.88 Å². The third-order valence-electron chi connectivity index (χ3n) is 2.96. The van der Waals surface area contributed by atoms with Crippen molar-refractivity contribution in [1.29, 1.82) is 0 Å². The Bertz CT molecular complexity index is 351. The van der Waals surface area contributed by atoms with Gasteiger partial charge in [-0.25, -0.2) is 4.98 Å². The maximum Gasteiger partial charge on any atom is 0.213 e. The summed E-state index contributed by atoms with van der Waals surface area (Å²) in [4.78, 5) is 4.47. The number of aromatic nitrogens is 1. The Kier molecular flexibility index (Phi) is 5.42. The van der Waals surface area contributed by atoms with Crippen molar-refractivity contribution in [1.82, 2.24) is 10.3 Å². The molecule has 2 rings (SSSR count). The van der Waals surface area contributed by atoms with Crippen molar-refractivity contribution in [2.45, 2.75) is 38.8 Å².